The monoisotopic (exact) mass is 505 g/mol. The molecule has 2 N–H and O–H groups in total. The number of ether oxygens (including phenoxy) is 1. The Labute approximate surface area is 196 Å². The Morgan fingerprint density at radius 1 is 1.19 bits per heavy atom. The van der Waals surface area contributed by atoms with Crippen molar-refractivity contribution in [3.8, 4) is 11.8 Å². The minimum atomic E-state index is -1.03. The third kappa shape index (κ3) is 5.19. The van der Waals surface area contributed by atoms with Crippen molar-refractivity contribution in [1.82, 2.24) is 9.97 Å². The van der Waals surface area contributed by atoms with E-state index in [1.165, 1.54) is 0 Å². The molecule has 1 heterocycles. The number of H-pyrrole nitrogens is 1. The number of rotatable bonds is 7. The summed E-state index contributed by atoms with van der Waals surface area (Å²) in [5.41, 5.74) is 3.89. The van der Waals surface area contributed by atoms with Gasteiger partial charge in [0.05, 0.1) is 27.1 Å². The van der Waals surface area contributed by atoms with Crippen LogP contribution in [0.15, 0.2) is 81.3 Å². The first-order valence-electron chi connectivity index (χ1n) is 9.51. The predicted molar refractivity (Wildman–Crippen MR) is 127 cm³/mol. The number of hydrogen-bond donors (Lipinski definition) is 2. The Morgan fingerprint density at radius 3 is 2.66 bits per heavy atom. The van der Waals surface area contributed by atoms with Crippen LogP contribution in [0.4, 0.5) is 0 Å². The Bertz CT molecular complexity index is 1320. The third-order valence-electron chi connectivity index (χ3n) is 4.52. The van der Waals surface area contributed by atoms with Gasteiger partial charge >= 0.3 is 5.97 Å². The summed E-state index contributed by atoms with van der Waals surface area (Å²) in [6.45, 7) is 0.349. The van der Waals surface area contributed by atoms with Gasteiger partial charge in [-0.3, -0.25) is 0 Å². The highest BCUT2D eigenvalue weighted by molar-refractivity contribution is 9.10. The zero-order chi connectivity index (χ0) is 22.5. The van der Waals surface area contributed by atoms with Crippen LogP contribution in [-0.2, 0) is 11.4 Å². The van der Waals surface area contributed by atoms with Gasteiger partial charge in [0.25, 0.3) is 0 Å². The first-order valence-corrected chi connectivity index (χ1v) is 11.1. The van der Waals surface area contributed by atoms with Crippen LogP contribution in [0.5, 0.6) is 5.75 Å². The van der Waals surface area contributed by atoms with Crippen LogP contribution < -0.4 is 4.74 Å². The lowest BCUT2D eigenvalue weighted by atomic mass is 10.1. The highest BCUT2D eigenvalue weighted by Gasteiger charge is 2.13. The standard InChI is InChI=1S/C24H16BrN3O3S/c25-18-11-17(9-10-21(18)31-14-16-7-5-15(13-26)6-8-16)12-22(23(29)30)32-24-27-19-3-1-2-4-20(19)28-24/h1-12H,14H2,(H,27,28)(H,29,30)/b22-12-. The van der Waals surface area contributed by atoms with E-state index >= 15 is 0 Å². The van der Waals surface area contributed by atoms with Crippen LogP contribution in [0.2, 0.25) is 0 Å². The summed E-state index contributed by atoms with van der Waals surface area (Å²) in [5.74, 6) is -0.402. The maximum absolute atomic E-state index is 11.8. The molecule has 3 aromatic carbocycles. The zero-order valence-electron chi connectivity index (χ0n) is 16.6. The van der Waals surface area contributed by atoms with Gasteiger partial charge in [0.1, 0.15) is 17.3 Å². The van der Waals surface area contributed by atoms with E-state index in [-0.39, 0.29) is 4.91 Å². The highest BCUT2D eigenvalue weighted by Crippen LogP contribution is 2.31. The van der Waals surface area contributed by atoms with Crippen molar-refractivity contribution in [2.45, 2.75) is 11.8 Å². The number of aromatic amines is 1. The summed E-state index contributed by atoms with van der Waals surface area (Å²) in [6, 6.07) is 22.2. The molecule has 0 aliphatic rings. The number of carboxylic acids is 1. The zero-order valence-corrected chi connectivity index (χ0v) is 19.0. The van der Waals surface area contributed by atoms with Crippen LogP contribution in [-0.4, -0.2) is 21.0 Å². The van der Waals surface area contributed by atoms with Crippen LogP contribution >= 0.6 is 27.7 Å². The van der Waals surface area contributed by atoms with Crippen molar-refractivity contribution in [2.24, 2.45) is 0 Å². The number of carbonyl (C=O) groups is 1. The number of imidazole rings is 1. The third-order valence-corrected chi connectivity index (χ3v) is 6.03. The van der Waals surface area contributed by atoms with Gasteiger partial charge < -0.3 is 14.8 Å². The van der Waals surface area contributed by atoms with Gasteiger partial charge in [-0.1, -0.05) is 30.3 Å². The van der Waals surface area contributed by atoms with Gasteiger partial charge in [0, 0.05) is 0 Å². The largest absolute Gasteiger partial charge is 0.488 e. The number of nitrogens with zero attached hydrogens (tertiary/aromatic N) is 2. The van der Waals surface area contributed by atoms with E-state index < -0.39 is 5.97 Å². The molecule has 8 heteroatoms. The van der Waals surface area contributed by atoms with E-state index in [1.54, 1.807) is 36.4 Å². The Kier molecular flexibility index (Phi) is 6.59. The van der Waals surface area contributed by atoms with Crippen molar-refractivity contribution < 1.29 is 14.6 Å². The highest BCUT2D eigenvalue weighted by atomic mass is 79.9. The van der Waals surface area contributed by atoms with E-state index in [1.807, 2.05) is 36.4 Å². The molecule has 0 amide bonds. The molecule has 0 radical (unpaired) electrons. The average molecular weight is 506 g/mol. The van der Waals surface area contributed by atoms with E-state index in [0.29, 0.717) is 33.1 Å². The maximum Gasteiger partial charge on any atom is 0.342 e. The van der Waals surface area contributed by atoms with E-state index in [4.69, 9.17) is 10.00 Å². The molecule has 4 rings (SSSR count). The predicted octanol–water partition coefficient (Wildman–Crippen LogP) is 5.99. The number of nitriles is 1. The van der Waals surface area contributed by atoms with Crippen molar-refractivity contribution in [2.75, 3.05) is 0 Å². The Morgan fingerprint density at radius 2 is 1.97 bits per heavy atom. The lowest BCUT2D eigenvalue weighted by molar-refractivity contribution is -0.131. The molecule has 0 bridgehead atoms. The molecule has 6 nitrogen and oxygen atoms in total. The molecule has 4 aromatic rings. The Balaban J connectivity index is 1.49. The summed E-state index contributed by atoms with van der Waals surface area (Å²) in [7, 11) is 0. The normalized spacial score (nSPS) is 11.3. The lowest BCUT2D eigenvalue weighted by Gasteiger charge is -2.09. The summed E-state index contributed by atoms with van der Waals surface area (Å²) < 4.78 is 6.55. The second-order valence-electron chi connectivity index (χ2n) is 6.76. The summed E-state index contributed by atoms with van der Waals surface area (Å²) >= 11 is 4.55. The second-order valence-corrected chi connectivity index (χ2v) is 8.65. The number of nitrogens with one attached hydrogen (secondary N) is 1. The molecule has 0 unspecified atom stereocenters. The average Bonchev–Trinajstić information content (AvgIpc) is 3.21. The Hall–Kier alpha value is -3.54. The van der Waals surface area contributed by atoms with Crippen molar-refractivity contribution in [3.63, 3.8) is 0 Å². The minimum Gasteiger partial charge on any atom is -0.488 e. The van der Waals surface area contributed by atoms with Crippen LogP contribution in [0, 0.1) is 11.3 Å². The number of carboxylic acid groups (broad SMARTS) is 1. The number of thioether (sulfide) groups is 1. The molecule has 32 heavy (non-hydrogen) atoms. The SMILES string of the molecule is N#Cc1ccc(COc2ccc(/C=C(\Sc3nc4ccccc4[nH]3)C(=O)O)cc2Br)cc1. The van der Waals surface area contributed by atoms with E-state index in [9.17, 15) is 9.90 Å². The molecular formula is C24H16BrN3O3S. The molecule has 1 aromatic heterocycles. The van der Waals surface area contributed by atoms with Crippen LogP contribution in [0.25, 0.3) is 17.1 Å². The lowest BCUT2D eigenvalue weighted by Crippen LogP contribution is -1.98. The quantitative estimate of drug-likeness (QED) is 0.236. The summed E-state index contributed by atoms with van der Waals surface area (Å²) in [6.07, 6.45) is 1.59. The minimum absolute atomic E-state index is 0.141. The molecular weight excluding hydrogens is 490 g/mol. The van der Waals surface area contributed by atoms with E-state index in [2.05, 4.69) is 32.0 Å². The second kappa shape index (κ2) is 9.73. The van der Waals surface area contributed by atoms with Gasteiger partial charge in [-0.15, -0.1) is 0 Å². The van der Waals surface area contributed by atoms with Crippen molar-refractivity contribution in [1.29, 1.82) is 5.26 Å². The molecule has 0 spiro atoms. The van der Waals surface area contributed by atoms with Gasteiger partial charge in [-0.25, -0.2) is 9.78 Å². The van der Waals surface area contributed by atoms with Crippen LogP contribution in [0.1, 0.15) is 16.7 Å². The number of hydrogen-bond acceptors (Lipinski definition) is 5. The van der Waals surface area contributed by atoms with E-state index in [0.717, 1.165) is 28.4 Å². The molecule has 0 aliphatic carbocycles. The number of halogens is 1. The molecule has 0 saturated carbocycles. The summed E-state index contributed by atoms with van der Waals surface area (Å²) in [4.78, 5) is 19.5. The van der Waals surface area contributed by atoms with Crippen LogP contribution in [0.3, 0.4) is 0 Å². The molecule has 0 atom stereocenters. The van der Waals surface area contributed by atoms with Gasteiger partial charge in [-0.2, -0.15) is 5.26 Å². The van der Waals surface area contributed by atoms with Crippen molar-refractivity contribution in [3.05, 3.63) is 92.8 Å². The maximum atomic E-state index is 11.8. The fourth-order valence-corrected chi connectivity index (χ4v) is 4.24. The number of fused-ring (bicyclic) bond motifs is 1. The smallest absolute Gasteiger partial charge is 0.342 e. The first-order chi connectivity index (χ1) is 15.5. The number of para-hydroxylation sites is 2. The molecule has 0 saturated heterocycles. The van der Waals surface area contributed by atoms with Crippen molar-refractivity contribution >= 4 is 50.8 Å². The number of aliphatic carboxylic acids is 1. The topological polar surface area (TPSA) is 99.0 Å². The van der Waals surface area contributed by atoms with Gasteiger partial charge in [0.2, 0.25) is 0 Å². The molecule has 0 aliphatic heterocycles. The number of aromatic nitrogens is 2. The molecule has 0 fully saturated rings. The molecule has 158 valence electrons. The first kappa shape index (κ1) is 21.7. The fourth-order valence-electron chi connectivity index (χ4n) is 2.93. The summed E-state index contributed by atoms with van der Waals surface area (Å²) in [5, 5.41) is 19.0. The fraction of sp³-hybridized carbons (Fsp3) is 0.0417. The van der Waals surface area contributed by atoms with Gasteiger partial charge in [-0.05, 0) is 81.3 Å². The van der Waals surface area contributed by atoms with Gasteiger partial charge in [0.15, 0.2) is 5.16 Å². The number of benzene rings is 3.